The summed E-state index contributed by atoms with van der Waals surface area (Å²) in [5.41, 5.74) is 15.6. The van der Waals surface area contributed by atoms with Crippen molar-refractivity contribution in [3.05, 3.63) is 142 Å². The SMILES string of the molecule is Cc1cc(Oc2[c-]c3c(cc2)c2cc(C)ccc2n3-c2cc(-n3c4c(C)cc(C(C)C)cc4c4cc(C(C)C)cc(C)c43)ccn2)[c-]c(-n2nnc(C)c2C)c1.[Pt+2]. The second-order valence-electron chi connectivity index (χ2n) is 16.1. The molecule has 0 spiro atoms. The van der Waals surface area contributed by atoms with Crippen LogP contribution in [0, 0.1) is 53.7 Å². The summed E-state index contributed by atoms with van der Waals surface area (Å²) in [6, 6.07) is 35.7. The molecule has 7 nitrogen and oxygen atoms in total. The third-order valence-electron chi connectivity index (χ3n) is 11.3. The maximum absolute atomic E-state index is 6.53. The zero-order chi connectivity index (χ0) is 39.2. The Labute approximate surface area is 348 Å². The van der Waals surface area contributed by atoms with Gasteiger partial charge < -0.3 is 13.9 Å². The Kier molecular flexibility index (Phi) is 9.72. The van der Waals surface area contributed by atoms with E-state index >= 15 is 0 Å². The molecule has 0 saturated heterocycles. The molecule has 0 aliphatic heterocycles. The molecule has 0 saturated carbocycles. The second kappa shape index (κ2) is 14.4. The molecule has 0 aliphatic carbocycles. The number of aromatic nitrogens is 6. The molecule has 0 fully saturated rings. The van der Waals surface area contributed by atoms with Crippen LogP contribution in [0.3, 0.4) is 0 Å². The van der Waals surface area contributed by atoms with Crippen molar-refractivity contribution in [2.24, 2.45) is 0 Å². The summed E-state index contributed by atoms with van der Waals surface area (Å²) in [7, 11) is 0. The largest absolute Gasteiger partial charge is 2.00 e. The first kappa shape index (κ1) is 38.4. The summed E-state index contributed by atoms with van der Waals surface area (Å²) in [6.45, 7) is 21.7. The van der Waals surface area contributed by atoms with Crippen molar-refractivity contribution in [2.45, 2.75) is 81.1 Å². The average Bonchev–Trinajstić information content (AvgIpc) is 3.80. The molecule has 0 bridgehead atoms. The van der Waals surface area contributed by atoms with Crippen LogP contribution in [0.2, 0.25) is 0 Å². The van der Waals surface area contributed by atoms with E-state index in [9.17, 15) is 0 Å². The van der Waals surface area contributed by atoms with Crippen molar-refractivity contribution >= 4 is 43.6 Å². The first-order valence-electron chi connectivity index (χ1n) is 19.5. The van der Waals surface area contributed by atoms with Crippen molar-refractivity contribution in [1.29, 1.82) is 0 Å². The molecule has 0 aliphatic rings. The molecule has 0 N–H and O–H groups in total. The van der Waals surface area contributed by atoms with E-state index in [2.05, 4.69) is 141 Å². The van der Waals surface area contributed by atoms with Crippen molar-refractivity contribution in [1.82, 2.24) is 29.1 Å². The molecule has 0 atom stereocenters. The van der Waals surface area contributed by atoms with Crippen LogP contribution in [0.5, 0.6) is 11.5 Å². The summed E-state index contributed by atoms with van der Waals surface area (Å²) in [4.78, 5) is 5.04. The van der Waals surface area contributed by atoms with Crippen molar-refractivity contribution in [3.63, 3.8) is 0 Å². The Morgan fingerprint density at radius 2 is 1.30 bits per heavy atom. The molecule has 9 rings (SSSR count). The number of hydrogen-bond acceptors (Lipinski definition) is 4. The van der Waals surface area contributed by atoms with Crippen LogP contribution in [0.25, 0.3) is 60.8 Å². The van der Waals surface area contributed by atoms with E-state index in [1.807, 2.05) is 45.2 Å². The van der Waals surface area contributed by atoms with E-state index in [1.165, 1.54) is 49.6 Å². The van der Waals surface area contributed by atoms with Gasteiger partial charge in [0, 0.05) is 40.1 Å². The van der Waals surface area contributed by atoms with E-state index in [0.717, 1.165) is 55.9 Å². The number of hydrogen-bond donors (Lipinski definition) is 0. The van der Waals surface area contributed by atoms with Crippen LogP contribution >= 0.6 is 0 Å². The maximum Gasteiger partial charge on any atom is 2.00 e. The fraction of sp³-hybridized carbons (Fsp3) is 0.245. The molecule has 8 heteroatoms. The third-order valence-corrected chi connectivity index (χ3v) is 11.3. The van der Waals surface area contributed by atoms with Crippen LogP contribution in [0.4, 0.5) is 0 Å². The summed E-state index contributed by atoms with van der Waals surface area (Å²) in [6.07, 6.45) is 1.93. The van der Waals surface area contributed by atoms with Gasteiger partial charge in [-0.25, -0.2) is 9.67 Å². The summed E-state index contributed by atoms with van der Waals surface area (Å²) < 4.78 is 13.0. The van der Waals surface area contributed by atoms with Gasteiger partial charge in [-0.05, 0) is 104 Å². The number of benzene rings is 5. The molecular formula is C49H46N6OPt. The minimum atomic E-state index is 0. The van der Waals surface area contributed by atoms with Gasteiger partial charge in [0.2, 0.25) is 0 Å². The number of aryl methyl sites for hydroxylation is 5. The number of pyridine rings is 1. The number of nitrogens with zero attached hydrogens (tertiary/aromatic N) is 6. The van der Waals surface area contributed by atoms with Gasteiger partial charge >= 0.3 is 21.1 Å². The van der Waals surface area contributed by atoms with Crippen LogP contribution in [-0.4, -0.2) is 29.1 Å². The summed E-state index contributed by atoms with van der Waals surface area (Å²) in [5, 5.41) is 13.4. The predicted octanol–water partition coefficient (Wildman–Crippen LogP) is 12.3. The van der Waals surface area contributed by atoms with Crippen molar-refractivity contribution in [2.75, 3.05) is 0 Å². The Hall–Kier alpha value is -5.52. The van der Waals surface area contributed by atoms with Crippen LogP contribution in [0.1, 0.15) is 84.3 Å². The van der Waals surface area contributed by atoms with Crippen LogP contribution < -0.4 is 4.74 Å². The number of fused-ring (bicyclic) bond motifs is 6. The first-order valence-corrected chi connectivity index (χ1v) is 19.5. The fourth-order valence-electron chi connectivity index (χ4n) is 8.24. The molecule has 4 aromatic heterocycles. The zero-order valence-corrected chi connectivity index (χ0v) is 36.4. The van der Waals surface area contributed by atoms with Crippen LogP contribution in [-0.2, 0) is 21.1 Å². The Morgan fingerprint density at radius 1 is 0.614 bits per heavy atom. The average molecular weight is 930 g/mol. The van der Waals surface area contributed by atoms with Crippen molar-refractivity contribution in [3.8, 4) is 28.7 Å². The van der Waals surface area contributed by atoms with Gasteiger partial charge in [-0.2, -0.15) is 11.6 Å². The van der Waals surface area contributed by atoms with Gasteiger partial charge in [-0.3, -0.25) is 0 Å². The molecule has 0 amide bonds. The van der Waals surface area contributed by atoms with E-state index in [0.29, 0.717) is 23.3 Å². The van der Waals surface area contributed by atoms with E-state index in [1.54, 1.807) is 4.68 Å². The fourth-order valence-corrected chi connectivity index (χ4v) is 8.24. The monoisotopic (exact) mass is 929 g/mol. The molecule has 5 aromatic carbocycles. The van der Waals surface area contributed by atoms with Crippen molar-refractivity contribution < 1.29 is 25.8 Å². The summed E-state index contributed by atoms with van der Waals surface area (Å²) >= 11 is 0. The molecular weight excluding hydrogens is 884 g/mol. The second-order valence-corrected chi connectivity index (χ2v) is 16.1. The van der Waals surface area contributed by atoms with Crippen LogP contribution in [0.15, 0.2) is 85.1 Å². The van der Waals surface area contributed by atoms with Gasteiger partial charge in [-0.15, -0.1) is 40.8 Å². The quantitative estimate of drug-likeness (QED) is 0.149. The molecule has 0 radical (unpaired) electrons. The predicted molar refractivity (Wildman–Crippen MR) is 229 cm³/mol. The van der Waals surface area contributed by atoms with E-state index in [-0.39, 0.29) is 21.1 Å². The Bertz CT molecular complexity index is 2960. The standard InChI is InChI=1S/C49H46N6O.Pt/c1-27(2)35-20-31(7)48-43(22-35)44-23-36(28(3)4)21-32(8)49(44)53(48)37-15-16-50-47(25-37)54-45-14-11-29(5)19-42(45)41-13-12-39(26-46(41)54)56-40-18-30(6)17-38(24-40)55-34(10)33(9)51-52-55;/h11-23,25,27-28H,1-10H3;/q-2;+2. The first-order chi connectivity index (χ1) is 26.9. The molecule has 57 heavy (non-hydrogen) atoms. The third kappa shape index (κ3) is 6.46. The Balaban J connectivity index is 0.00000455. The molecule has 0 unspecified atom stereocenters. The molecule has 9 aromatic rings. The van der Waals surface area contributed by atoms with E-state index in [4.69, 9.17) is 9.72 Å². The van der Waals surface area contributed by atoms with Gasteiger partial charge in [0.1, 0.15) is 5.82 Å². The minimum Gasteiger partial charge on any atom is -0.509 e. The zero-order valence-electron chi connectivity index (χ0n) is 34.1. The Morgan fingerprint density at radius 3 is 1.93 bits per heavy atom. The smallest absolute Gasteiger partial charge is 0.509 e. The van der Waals surface area contributed by atoms with Gasteiger partial charge in [0.05, 0.1) is 28.1 Å². The number of ether oxygens (including phenoxy) is 1. The number of rotatable bonds is 7. The molecule has 4 heterocycles. The molecule has 288 valence electrons. The topological polar surface area (TPSA) is 62.7 Å². The summed E-state index contributed by atoms with van der Waals surface area (Å²) in [5.74, 6) is 2.83. The van der Waals surface area contributed by atoms with Gasteiger partial charge in [0.25, 0.3) is 0 Å². The minimum absolute atomic E-state index is 0. The van der Waals surface area contributed by atoms with Gasteiger partial charge in [0.15, 0.2) is 0 Å². The maximum atomic E-state index is 6.53. The normalized spacial score (nSPS) is 11.9. The van der Waals surface area contributed by atoms with Gasteiger partial charge in [-0.1, -0.05) is 75.2 Å². The van der Waals surface area contributed by atoms with E-state index < -0.39 is 0 Å².